The maximum atomic E-state index is 9.31. The van der Waals surface area contributed by atoms with Crippen LogP contribution in [0.5, 0.6) is 0 Å². The van der Waals surface area contributed by atoms with Gasteiger partial charge in [0.05, 0.1) is 6.61 Å². The molecule has 7 heteroatoms. The SMILES string of the molecule is OC[C@@H](O)[C@@H]1O[C@@H](O)[C@H](O)[C@@H](O)[C@@H]1O. The van der Waals surface area contributed by atoms with Gasteiger partial charge in [-0.05, 0) is 0 Å². The Labute approximate surface area is 79.8 Å². The van der Waals surface area contributed by atoms with E-state index in [1.807, 2.05) is 0 Å². The minimum atomic E-state index is -1.69. The highest BCUT2D eigenvalue weighted by Crippen LogP contribution is 2.21. The Morgan fingerprint density at radius 2 is 1.57 bits per heavy atom. The van der Waals surface area contributed by atoms with E-state index in [-0.39, 0.29) is 0 Å². The van der Waals surface area contributed by atoms with Crippen LogP contribution in [-0.4, -0.2) is 74.1 Å². The number of aliphatic hydroxyl groups is 6. The predicted octanol–water partition coefficient (Wildman–Crippen LogP) is -3.86. The van der Waals surface area contributed by atoms with Gasteiger partial charge in [-0.2, -0.15) is 0 Å². The van der Waals surface area contributed by atoms with Gasteiger partial charge in [0.15, 0.2) is 6.29 Å². The molecule has 0 aliphatic carbocycles. The molecule has 7 nitrogen and oxygen atoms in total. The standard InChI is InChI=1S/C7H14O7/c8-1-2(9)6-4(11)3(10)5(12)7(13)14-6/h2-13H,1H2/t2-,3+,4+,5-,6+,7-/m1/s1. The first kappa shape index (κ1) is 11.8. The molecule has 1 fully saturated rings. The summed E-state index contributed by atoms with van der Waals surface area (Å²) in [5.41, 5.74) is 0. The van der Waals surface area contributed by atoms with E-state index in [2.05, 4.69) is 4.74 Å². The number of ether oxygens (including phenoxy) is 1. The van der Waals surface area contributed by atoms with Gasteiger partial charge in [-0.3, -0.25) is 0 Å². The van der Waals surface area contributed by atoms with Gasteiger partial charge >= 0.3 is 0 Å². The van der Waals surface area contributed by atoms with Crippen molar-refractivity contribution in [3.05, 3.63) is 0 Å². The highest BCUT2D eigenvalue weighted by Gasteiger charge is 2.45. The third kappa shape index (κ3) is 2.04. The molecule has 6 atom stereocenters. The Morgan fingerprint density at radius 3 is 2.07 bits per heavy atom. The van der Waals surface area contributed by atoms with Crippen molar-refractivity contribution in [1.82, 2.24) is 0 Å². The lowest BCUT2D eigenvalue weighted by Gasteiger charge is -2.39. The molecule has 0 aromatic carbocycles. The molecule has 0 amide bonds. The zero-order valence-electron chi connectivity index (χ0n) is 7.26. The molecule has 0 spiro atoms. The second kappa shape index (κ2) is 4.49. The monoisotopic (exact) mass is 210 g/mol. The molecule has 0 aromatic heterocycles. The van der Waals surface area contributed by atoms with E-state index in [0.29, 0.717) is 0 Å². The molecule has 1 aliphatic heterocycles. The Kier molecular flexibility index (Phi) is 3.78. The number of hydrogen-bond donors (Lipinski definition) is 6. The molecular formula is C7H14O7. The van der Waals surface area contributed by atoms with Gasteiger partial charge in [-0.1, -0.05) is 0 Å². The number of aliphatic hydroxyl groups excluding tert-OH is 6. The summed E-state index contributed by atoms with van der Waals surface area (Å²) in [6.07, 6.45) is -9.26. The fourth-order valence-corrected chi connectivity index (χ4v) is 1.31. The second-order valence-corrected chi connectivity index (χ2v) is 3.21. The maximum absolute atomic E-state index is 9.31. The van der Waals surface area contributed by atoms with E-state index in [0.717, 1.165) is 0 Å². The van der Waals surface area contributed by atoms with Gasteiger partial charge in [0.25, 0.3) is 0 Å². The van der Waals surface area contributed by atoms with Crippen molar-refractivity contribution >= 4 is 0 Å². The largest absolute Gasteiger partial charge is 0.394 e. The van der Waals surface area contributed by atoms with E-state index >= 15 is 0 Å². The zero-order chi connectivity index (χ0) is 10.9. The average Bonchev–Trinajstić information content (AvgIpc) is 2.19. The van der Waals surface area contributed by atoms with E-state index in [4.69, 9.17) is 20.4 Å². The van der Waals surface area contributed by atoms with Crippen molar-refractivity contribution in [2.75, 3.05) is 6.61 Å². The zero-order valence-corrected chi connectivity index (χ0v) is 7.26. The molecule has 1 saturated heterocycles. The van der Waals surface area contributed by atoms with Crippen LogP contribution in [-0.2, 0) is 4.74 Å². The minimum Gasteiger partial charge on any atom is -0.394 e. The van der Waals surface area contributed by atoms with Crippen LogP contribution in [0.4, 0.5) is 0 Å². The predicted molar refractivity (Wildman–Crippen MR) is 42.0 cm³/mol. The lowest BCUT2D eigenvalue weighted by atomic mass is 9.96. The lowest BCUT2D eigenvalue weighted by Crippen LogP contribution is -2.61. The molecule has 14 heavy (non-hydrogen) atoms. The van der Waals surface area contributed by atoms with Gasteiger partial charge in [0.2, 0.25) is 0 Å². The van der Waals surface area contributed by atoms with Crippen molar-refractivity contribution in [2.45, 2.75) is 36.8 Å². The van der Waals surface area contributed by atoms with Crippen molar-refractivity contribution in [2.24, 2.45) is 0 Å². The lowest BCUT2D eigenvalue weighted by molar-refractivity contribution is -0.298. The molecule has 1 aliphatic rings. The minimum absolute atomic E-state index is 0.683. The van der Waals surface area contributed by atoms with Crippen LogP contribution in [0, 0.1) is 0 Å². The van der Waals surface area contributed by atoms with Crippen LogP contribution in [0.15, 0.2) is 0 Å². The first-order valence-electron chi connectivity index (χ1n) is 4.15. The summed E-state index contributed by atoms with van der Waals surface area (Å²) in [6.45, 7) is -0.683. The molecule has 1 rings (SSSR count). The Morgan fingerprint density at radius 1 is 1.00 bits per heavy atom. The normalized spacial score (nSPS) is 46.3. The first-order valence-corrected chi connectivity index (χ1v) is 4.15. The van der Waals surface area contributed by atoms with Crippen molar-refractivity contribution in [1.29, 1.82) is 0 Å². The smallest absolute Gasteiger partial charge is 0.184 e. The van der Waals surface area contributed by atoms with E-state index in [1.54, 1.807) is 0 Å². The summed E-state index contributed by atoms with van der Waals surface area (Å²) >= 11 is 0. The molecule has 1 heterocycles. The molecule has 6 N–H and O–H groups in total. The summed E-state index contributed by atoms with van der Waals surface area (Å²) in [6, 6.07) is 0. The van der Waals surface area contributed by atoms with Crippen LogP contribution >= 0.6 is 0 Å². The topological polar surface area (TPSA) is 131 Å². The van der Waals surface area contributed by atoms with E-state index < -0.39 is 43.4 Å². The molecule has 0 bridgehead atoms. The van der Waals surface area contributed by atoms with E-state index in [9.17, 15) is 10.2 Å². The Hall–Kier alpha value is -0.280. The summed E-state index contributed by atoms with van der Waals surface area (Å²) in [5.74, 6) is 0. The highest BCUT2D eigenvalue weighted by molar-refractivity contribution is 4.91. The summed E-state index contributed by atoms with van der Waals surface area (Å²) < 4.78 is 4.62. The highest BCUT2D eigenvalue weighted by atomic mass is 16.6. The van der Waals surface area contributed by atoms with Crippen LogP contribution in [0.2, 0.25) is 0 Å². The fourth-order valence-electron chi connectivity index (χ4n) is 1.31. The molecule has 0 unspecified atom stereocenters. The maximum Gasteiger partial charge on any atom is 0.184 e. The molecule has 0 radical (unpaired) electrons. The van der Waals surface area contributed by atoms with Gasteiger partial charge < -0.3 is 35.4 Å². The van der Waals surface area contributed by atoms with Gasteiger partial charge in [-0.25, -0.2) is 0 Å². The second-order valence-electron chi connectivity index (χ2n) is 3.21. The molecular weight excluding hydrogens is 196 g/mol. The van der Waals surface area contributed by atoms with Crippen LogP contribution < -0.4 is 0 Å². The van der Waals surface area contributed by atoms with Gasteiger partial charge in [-0.15, -0.1) is 0 Å². The summed E-state index contributed by atoms with van der Waals surface area (Å²) in [4.78, 5) is 0. The third-order valence-corrected chi connectivity index (χ3v) is 2.19. The Balaban J connectivity index is 2.70. The molecule has 0 saturated carbocycles. The fraction of sp³-hybridized carbons (Fsp3) is 1.00. The van der Waals surface area contributed by atoms with E-state index in [1.165, 1.54) is 0 Å². The van der Waals surface area contributed by atoms with Crippen molar-refractivity contribution in [3.63, 3.8) is 0 Å². The average molecular weight is 210 g/mol. The summed E-state index contributed by atoms with van der Waals surface area (Å²) in [7, 11) is 0. The van der Waals surface area contributed by atoms with Crippen LogP contribution in [0.1, 0.15) is 0 Å². The first-order chi connectivity index (χ1) is 6.49. The van der Waals surface area contributed by atoms with Crippen LogP contribution in [0.25, 0.3) is 0 Å². The third-order valence-electron chi connectivity index (χ3n) is 2.19. The van der Waals surface area contributed by atoms with Gasteiger partial charge in [0, 0.05) is 0 Å². The Bertz CT molecular complexity index is 187. The summed E-state index contributed by atoms with van der Waals surface area (Å²) in [5, 5.41) is 54.3. The van der Waals surface area contributed by atoms with Crippen molar-refractivity contribution < 1.29 is 35.4 Å². The molecule has 0 aromatic rings. The quantitative estimate of drug-likeness (QED) is 0.275. The number of hydrogen-bond acceptors (Lipinski definition) is 7. The van der Waals surface area contributed by atoms with Crippen molar-refractivity contribution in [3.8, 4) is 0 Å². The van der Waals surface area contributed by atoms with Gasteiger partial charge in [0.1, 0.15) is 30.5 Å². The molecule has 84 valence electrons. The van der Waals surface area contributed by atoms with Crippen LogP contribution in [0.3, 0.4) is 0 Å². The number of rotatable bonds is 2.